The Morgan fingerprint density at radius 1 is 0.500 bits per heavy atom. The zero-order chi connectivity index (χ0) is 17.9. The van der Waals surface area contributed by atoms with Crippen molar-refractivity contribution in [1.29, 1.82) is 0 Å². The molecule has 0 aromatic heterocycles. The first-order valence-corrected chi connectivity index (χ1v) is 17.2. The van der Waals surface area contributed by atoms with Gasteiger partial charge in [0.15, 0.2) is 0 Å². The van der Waals surface area contributed by atoms with Gasteiger partial charge in [-0.3, -0.25) is 0 Å². The van der Waals surface area contributed by atoms with Crippen LogP contribution in [0.4, 0.5) is 0 Å². The van der Waals surface area contributed by atoms with Gasteiger partial charge < -0.3 is 0 Å². The molecule has 0 saturated heterocycles. The Labute approximate surface area is 196 Å². The molecule has 0 N–H and O–H groups in total. The van der Waals surface area contributed by atoms with E-state index in [-0.39, 0.29) is 0 Å². The number of rotatable bonds is 19. The van der Waals surface area contributed by atoms with Gasteiger partial charge in [-0.25, -0.2) is 0 Å². The van der Waals surface area contributed by atoms with Gasteiger partial charge in [-0.2, -0.15) is 97.6 Å². The first kappa shape index (κ1) is 27.5. The van der Waals surface area contributed by atoms with Gasteiger partial charge in [0.2, 0.25) is 0 Å². The van der Waals surface area contributed by atoms with Crippen molar-refractivity contribution in [2.75, 3.05) is 69.0 Å². The normalized spacial score (nSPS) is 14.0. The molecule has 0 bridgehead atoms. The average molecular weight is 519 g/mol. The van der Waals surface area contributed by atoms with Crippen LogP contribution < -0.4 is 0 Å². The predicted octanol–water partition coefficient (Wildman–Crippen LogP) is 5.76. The van der Waals surface area contributed by atoms with E-state index in [9.17, 15) is 0 Å². The summed E-state index contributed by atoms with van der Waals surface area (Å²) in [6, 6.07) is 0. The molecule has 0 aliphatic rings. The fourth-order valence-corrected chi connectivity index (χ4v) is 10.1. The van der Waals surface area contributed by atoms with Crippen LogP contribution >= 0.6 is 119 Å². The molecular weight excluding hydrogens is 489 g/mol. The minimum atomic E-state index is 0.499. The van der Waals surface area contributed by atoms with Crippen molar-refractivity contribution in [3.05, 3.63) is 0 Å². The maximum absolute atomic E-state index is 4.69. The van der Waals surface area contributed by atoms with Crippen molar-refractivity contribution in [3.8, 4) is 0 Å². The van der Waals surface area contributed by atoms with Crippen LogP contribution in [0.1, 0.15) is 0 Å². The fourth-order valence-electron chi connectivity index (χ4n) is 1.36. The first-order valence-electron chi connectivity index (χ1n) is 7.84. The van der Waals surface area contributed by atoms with Gasteiger partial charge in [0.1, 0.15) is 0 Å². The second kappa shape index (κ2) is 22.8. The van der Waals surface area contributed by atoms with Crippen molar-refractivity contribution in [2.45, 2.75) is 10.5 Å². The Kier molecular flexibility index (Phi) is 26.1. The molecule has 24 heavy (non-hydrogen) atoms. The van der Waals surface area contributed by atoms with Crippen LogP contribution in [-0.2, 0) is 0 Å². The molecule has 0 spiro atoms. The summed E-state index contributed by atoms with van der Waals surface area (Å²) in [5, 5.41) is 0.998. The van der Waals surface area contributed by atoms with Crippen molar-refractivity contribution >= 4 is 119 Å². The highest BCUT2D eigenvalue weighted by Gasteiger charge is 2.07. The Balaban J connectivity index is 3.28. The number of thioether (sulfide) groups is 4. The highest BCUT2D eigenvalue weighted by Crippen LogP contribution is 2.27. The van der Waals surface area contributed by atoms with Gasteiger partial charge >= 0.3 is 0 Å². The van der Waals surface area contributed by atoms with Crippen LogP contribution in [-0.4, -0.2) is 79.5 Å². The monoisotopic (exact) mass is 518 g/mol. The molecule has 0 heterocycles. The van der Waals surface area contributed by atoms with Crippen molar-refractivity contribution in [1.82, 2.24) is 0 Å². The Morgan fingerprint density at radius 3 is 1.25 bits per heavy atom. The standard InChI is InChI=1S/C14H30S10/c15-1-3-19-5-7-21-9-13(17)11-23-24-12-14(18)10-22-8-6-20-4-2-16/h13-18H,1-12H2. The zero-order valence-electron chi connectivity index (χ0n) is 13.9. The molecule has 0 aliphatic carbocycles. The highest BCUT2D eigenvalue weighted by atomic mass is 33.1. The number of hydrogen-bond acceptors (Lipinski definition) is 10. The van der Waals surface area contributed by atoms with Gasteiger partial charge in [-0.05, 0) is 11.5 Å². The predicted molar refractivity (Wildman–Crippen MR) is 147 cm³/mol. The minimum absolute atomic E-state index is 0.499. The summed E-state index contributed by atoms with van der Waals surface area (Å²) >= 11 is 25.9. The fraction of sp³-hybridized carbons (Fsp3) is 1.00. The molecule has 10 heteroatoms. The zero-order valence-corrected chi connectivity index (χ0v) is 22.4. The molecule has 0 aliphatic heterocycles. The summed E-state index contributed by atoms with van der Waals surface area (Å²) in [4.78, 5) is 0. The van der Waals surface area contributed by atoms with E-state index in [4.69, 9.17) is 25.3 Å². The smallest absolute Gasteiger partial charge is 0.0206 e. The summed E-state index contributed by atoms with van der Waals surface area (Å²) < 4.78 is 0. The van der Waals surface area contributed by atoms with E-state index in [1.54, 1.807) is 0 Å². The van der Waals surface area contributed by atoms with Crippen molar-refractivity contribution in [2.24, 2.45) is 0 Å². The highest BCUT2D eigenvalue weighted by molar-refractivity contribution is 8.76. The van der Waals surface area contributed by atoms with Crippen LogP contribution in [0.5, 0.6) is 0 Å². The van der Waals surface area contributed by atoms with E-state index in [0.717, 1.165) is 46.0 Å². The van der Waals surface area contributed by atoms with E-state index in [0.29, 0.717) is 10.5 Å². The molecule has 0 rings (SSSR count). The van der Waals surface area contributed by atoms with Crippen LogP contribution in [0.2, 0.25) is 0 Å². The summed E-state index contributed by atoms with van der Waals surface area (Å²) in [6.07, 6.45) is 0. The molecule has 146 valence electrons. The molecule has 2 atom stereocenters. The van der Waals surface area contributed by atoms with Gasteiger partial charge in [-0.15, -0.1) is 0 Å². The minimum Gasteiger partial charge on any atom is -0.179 e. The Hall–Kier alpha value is 3.50. The van der Waals surface area contributed by atoms with Gasteiger partial charge in [0.25, 0.3) is 0 Å². The maximum atomic E-state index is 4.69. The van der Waals surface area contributed by atoms with E-state index >= 15 is 0 Å². The third kappa shape index (κ3) is 21.8. The second-order valence-electron chi connectivity index (χ2n) is 4.70. The van der Waals surface area contributed by atoms with E-state index in [2.05, 4.69) is 25.3 Å². The molecule has 0 radical (unpaired) electrons. The summed E-state index contributed by atoms with van der Waals surface area (Å²) in [6.45, 7) is 0. The third-order valence-electron chi connectivity index (χ3n) is 2.44. The molecule has 0 saturated carbocycles. The quantitative estimate of drug-likeness (QED) is 0.0968. The summed E-state index contributed by atoms with van der Waals surface area (Å²) in [7, 11) is 3.91. The maximum Gasteiger partial charge on any atom is 0.0206 e. The van der Waals surface area contributed by atoms with Crippen LogP contribution in [0, 0.1) is 0 Å². The third-order valence-corrected chi connectivity index (χ3v) is 12.5. The van der Waals surface area contributed by atoms with E-state index < -0.39 is 0 Å². The molecular formula is C14H30S10. The summed E-state index contributed by atoms with van der Waals surface area (Å²) in [5.74, 6) is 13.8. The Morgan fingerprint density at radius 2 is 0.875 bits per heavy atom. The number of hydrogen-bond donors (Lipinski definition) is 4. The van der Waals surface area contributed by atoms with E-state index in [1.807, 2.05) is 68.6 Å². The van der Waals surface area contributed by atoms with Crippen molar-refractivity contribution < 1.29 is 0 Å². The molecule has 2 unspecified atom stereocenters. The molecule has 0 nitrogen and oxygen atoms in total. The van der Waals surface area contributed by atoms with E-state index in [1.165, 1.54) is 23.0 Å². The average Bonchev–Trinajstić information content (AvgIpc) is 2.58. The first-order chi connectivity index (χ1) is 11.7. The number of thiol groups is 4. The van der Waals surface area contributed by atoms with Crippen LogP contribution in [0.15, 0.2) is 0 Å². The van der Waals surface area contributed by atoms with Crippen molar-refractivity contribution in [3.63, 3.8) is 0 Å². The largest absolute Gasteiger partial charge is 0.179 e. The van der Waals surface area contributed by atoms with Gasteiger partial charge in [0, 0.05) is 68.0 Å². The van der Waals surface area contributed by atoms with Crippen LogP contribution in [0.25, 0.3) is 0 Å². The lowest BCUT2D eigenvalue weighted by molar-refractivity contribution is 1.16. The van der Waals surface area contributed by atoms with Crippen LogP contribution in [0.3, 0.4) is 0 Å². The molecule has 0 aromatic carbocycles. The topological polar surface area (TPSA) is 0 Å². The lowest BCUT2D eigenvalue weighted by atomic mass is 10.5. The summed E-state index contributed by atoms with van der Waals surface area (Å²) in [5.41, 5.74) is 0. The lowest BCUT2D eigenvalue weighted by Crippen LogP contribution is -2.08. The lowest BCUT2D eigenvalue weighted by Gasteiger charge is -2.12. The van der Waals surface area contributed by atoms with Gasteiger partial charge in [-0.1, -0.05) is 21.6 Å². The van der Waals surface area contributed by atoms with Gasteiger partial charge in [0.05, 0.1) is 0 Å². The molecule has 0 fully saturated rings. The Bertz CT molecular complexity index is 220. The SMILES string of the molecule is SCCSCCSCC(S)CSSCC(S)CSCCSCCS. The second-order valence-corrected chi connectivity index (χ2v) is 14.4. The molecule has 0 amide bonds. The molecule has 0 aromatic rings.